The predicted molar refractivity (Wildman–Crippen MR) is 137 cm³/mol. The number of hydrogen-bond acceptors (Lipinski definition) is 4. The molecular formula is C30H24N2O4. The summed E-state index contributed by atoms with van der Waals surface area (Å²) in [7, 11) is 0. The average molecular weight is 477 g/mol. The van der Waals surface area contributed by atoms with E-state index >= 15 is 0 Å². The molecule has 4 amide bonds. The zero-order valence-electron chi connectivity index (χ0n) is 19.5. The first kappa shape index (κ1) is 24.3. The molecule has 6 heteroatoms. The zero-order chi connectivity index (χ0) is 25.3. The number of imide groups is 2. The normalized spacial score (nSPS) is 10.3. The minimum atomic E-state index is -0.510. The van der Waals surface area contributed by atoms with E-state index in [0.717, 1.165) is 9.80 Å². The number of carbonyl (C=O) groups is 4. The molecule has 0 radical (unpaired) electrons. The van der Waals surface area contributed by atoms with E-state index in [4.69, 9.17) is 0 Å². The smallest absolute Gasteiger partial charge is 0.260 e. The predicted octanol–water partition coefficient (Wildman–Crippen LogP) is 4.95. The van der Waals surface area contributed by atoms with Gasteiger partial charge in [-0.05, 0) is 48.5 Å². The van der Waals surface area contributed by atoms with Crippen molar-refractivity contribution in [3.63, 3.8) is 0 Å². The molecule has 4 rings (SSSR count). The van der Waals surface area contributed by atoms with E-state index in [2.05, 4.69) is 0 Å². The maximum Gasteiger partial charge on any atom is 0.260 e. The Morgan fingerprint density at radius 1 is 0.361 bits per heavy atom. The van der Waals surface area contributed by atoms with Crippen LogP contribution >= 0.6 is 0 Å². The molecule has 0 aliphatic rings. The monoisotopic (exact) mass is 476 g/mol. The summed E-state index contributed by atoms with van der Waals surface area (Å²) in [5.41, 5.74) is 1.32. The Balaban J connectivity index is 1.66. The van der Waals surface area contributed by atoms with Crippen molar-refractivity contribution >= 4 is 23.6 Å². The third kappa shape index (κ3) is 5.62. The van der Waals surface area contributed by atoms with E-state index in [1.807, 2.05) is 0 Å². The van der Waals surface area contributed by atoms with Gasteiger partial charge in [-0.15, -0.1) is 0 Å². The number of rotatable bonds is 7. The third-order valence-corrected chi connectivity index (χ3v) is 5.61. The van der Waals surface area contributed by atoms with Crippen LogP contribution in [-0.2, 0) is 0 Å². The fourth-order valence-corrected chi connectivity index (χ4v) is 3.74. The van der Waals surface area contributed by atoms with E-state index < -0.39 is 23.6 Å². The zero-order valence-corrected chi connectivity index (χ0v) is 19.5. The van der Waals surface area contributed by atoms with Crippen molar-refractivity contribution < 1.29 is 19.2 Å². The lowest BCUT2D eigenvalue weighted by atomic mass is 10.1. The quantitative estimate of drug-likeness (QED) is 0.354. The summed E-state index contributed by atoms with van der Waals surface area (Å²) in [4.78, 5) is 55.6. The van der Waals surface area contributed by atoms with Crippen molar-refractivity contribution in [1.82, 2.24) is 9.80 Å². The molecule has 0 atom stereocenters. The Bertz CT molecular complexity index is 1130. The van der Waals surface area contributed by atoms with Crippen LogP contribution in [0, 0.1) is 0 Å². The molecule has 178 valence electrons. The lowest BCUT2D eigenvalue weighted by Crippen LogP contribution is -2.46. The maximum absolute atomic E-state index is 13.4. The molecule has 36 heavy (non-hydrogen) atoms. The summed E-state index contributed by atoms with van der Waals surface area (Å²) in [5, 5.41) is 0. The van der Waals surface area contributed by atoms with Gasteiger partial charge in [0.25, 0.3) is 23.6 Å². The van der Waals surface area contributed by atoms with Gasteiger partial charge >= 0.3 is 0 Å². The number of nitrogens with zero attached hydrogens (tertiary/aromatic N) is 2. The van der Waals surface area contributed by atoms with Gasteiger partial charge in [-0.1, -0.05) is 72.8 Å². The summed E-state index contributed by atoms with van der Waals surface area (Å²) in [6.45, 7) is -0.336. The van der Waals surface area contributed by atoms with Gasteiger partial charge in [0.2, 0.25) is 0 Å². The fraction of sp³-hybridized carbons (Fsp3) is 0.0667. The Labute approximate surface area is 209 Å². The molecule has 0 spiro atoms. The van der Waals surface area contributed by atoms with Gasteiger partial charge in [0.1, 0.15) is 0 Å². The fourth-order valence-electron chi connectivity index (χ4n) is 3.74. The standard InChI is InChI=1S/C30H24N2O4/c33-27(23-13-5-1-6-14-23)31(28(34)24-15-7-2-8-16-24)21-22-32(29(35)25-17-9-3-10-18-25)30(36)26-19-11-4-12-20-26/h1-20H,21-22H2. The second kappa shape index (κ2) is 11.5. The Morgan fingerprint density at radius 2 is 0.556 bits per heavy atom. The number of hydrogen-bond donors (Lipinski definition) is 0. The molecule has 0 unspecified atom stereocenters. The first-order valence-electron chi connectivity index (χ1n) is 11.5. The van der Waals surface area contributed by atoms with Gasteiger partial charge in [0.05, 0.1) is 0 Å². The molecule has 0 aromatic heterocycles. The summed E-state index contributed by atoms with van der Waals surface area (Å²) in [6, 6.07) is 33.8. The molecule has 0 N–H and O–H groups in total. The highest BCUT2D eigenvalue weighted by molar-refractivity contribution is 6.11. The molecule has 0 saturated carbocycles. The Hall–Kier alpha value is -4.84. The second-order valence-corrected chi connectivity index (χ2v) is 7.99. The molecule has 0 aliphatic heterocycles. The highest BCUT2D eigenvalue weighted by Crippen LogP contribution is 2.14. The van der Waals surface area contributed by atoms with Gasteiger partial charge in [-0.2, -0.15) is 0 Å². The van der Waals surface area contributed by atoms with Crippen molar-refractivity contribution in [2.24, 2.45) is 0 Å². The van der Waals surface area contributed by atoms with Crippen LogP contribution in [0.25, 0.3) is 0 Å². The van der Waals surface area contributed by atoms with Crippen LogP contribution in [0.4, 0.5) is 0 Å². The average Bonchev–Trinajstić information content (AvgIpc) is 2.96. The highest BCUT2D eigenvalue weighted by atomic mass is 16.2. The molecule has 0 fully saturated rings. The minimum absolute atomic E-state index is 0.168. The number of carbonyl (C=O) groups excluding carboxylic acids is 4. The second-order valence-electron chi connectivity index (χ2n) is 7.99. The minimum Gasteiger partial charge on any atom is -0.273 e. The highest BCUT2D eigenvalue weighted by Gasteiger charge is 2.29. The maximum atomic E-state index is 13.4. The van der Waals surface area contributed by atoms with E-state index in [1.54, 1.807) is 121 Å². The van der Waals surface area contributed by atoms with E-state index in [1.165, 1.54) is 0 Å². The van der Waals surface area contributed by atoms with Gasteiger partial charge < -0.3 is 0 Å². The molecule has 4 aromatic rings. The molecule has 0 heterocycles. The van der Waals surface area contributed by atoms with Crippen LogP contribution < -0.4 is 0 Å². The number of benzene rings is 4. The van der Waals surface area contributed by atoms with Crippen LogP contribution in [0.1, 0.15) is 41.4 Å². The lowest BCUT2D eigenvalue weighted by molar-refractivity contribution is 0.0520. The van der Waals surface area contributed by atoms with Crippen LogP contribution in [-0.4, -0.2) is 46.5 Å². The molecule has 0 bridgehead atoms. The molecule has 0 aliphatic carbocycles. The van der Waals surface area contributed by atoms with Crippen molar-refractivity contribution in [2.75, 3.05) is 13.1 Å². The first-order chi connectivity index (χ1) is 17.6. The van der Waals surface area contributed by atoms with Gasteiger partial charge in [0.15, 0.2) is 0 Å². The van der Waals surface area contributed by atoms with Crippen LogP contribution in [0.3, 0.4) is 0 Å². The third-order valence-electron chi connectivity index (χ3n) is 5.61. The first-order valence-corrected chi connectivity index (χ1v) is 11.5. The molecule has 4 aromatic carbocycles. The van der Waals surface area contributed by atoms with E-state index in [9.17, 15) is 19.2 Å². The molecule has 6 nitrogen and oxygen atoms in total. The number of amides is 4. The molecule has 0 saturated heterocycles. The van der Waals surface area contributed by atoms with Crippen molar-refractivity contribution in [1.29, 1.82) is 0 Å². The summed E-state index contributed by atoms with van der Waals surface area (Å²) >= 11 is 0. The van der Waals surface area contributed by atoms with Crippen LogP contribution in [0.15, 0.2) is 121 Å². The topological polar surface area (TPSA) is 74.8 Å². The van der Waals surface area contributed by atoms with E-state index in [-0.39, 0.29) is 13.1 Å². The summed E-state index contributed by atoms with van der Waals surface area (Å²) < 4.78 is 0. The van der Waals surface area contributed by atoms with E-state index in [0.29, 0.717) is 22.3 Å². The van der Waals surface area contributed by atoms with Gasteiger partial charge in [0, 0.05) is 35.3 Å². The van der Waals surface area contributed by atoms with Crippen LogP contribution in [0.5, 0.6) is 0 Å². The van der Waals surface area contributed by atoms with Crippen LogP contribution in [0.2, 0.25) is 0 Å². The Kier molecular flexibility index (Phi) is 7.78. The van der Waals surface area contributed by atoms with Gasteiger partial charge in [-0.3, -0.25) is 29.0 Å². The van der Waals surface area contributed by atoms with Crippen molar-refractivity contribution in [2.45, 2.75) is 0 Å². The largest absolute Gasteiger partial charge is 0.273 e. The summed E-state index contributed by atoms with van der Waals surface area (Å²) in [5.74, 6) is -2.04. The van der Waals surface area contributed by atoms with Crippen molar-refractivity contribution in [3.05, 3.63) is 144 Å². The van der Waals surface area contributed by atoms with Crippen molar-refractivity contribution in [3.8, 4) is 0 Å². The lowest BCUT2D eigenvalue weighted by Gasteiger charge is -2.26. The Morgan fingerprint density at radius 3 is 0.750 bits per heavy atom. The van der Waals surface area contributed by atoms with Gasteiger partial charge in [-0.25, -0.2) is 0 Å². The summed E-state index contributed by atoms with van der Waals surface area (Å²) in [6.07, 6.45) is 0. The molecular weight excluding hydrogens is 452 g/mol. The SMILES string of the molecule is O=C(c1ccccc1)N(CCN(C(=O)c1ccccc1)C(=O)c1ccccc1)C(=O)c1ccccc1.